The standard InChI is InChI=1S/2C23H27N/c2*1-23(2,3)21-14-12-18(13-15-21)16-24(4)17-20-10-7-9-19-8-5-6-11-22(19)20/h2*5-15H,16-17H2,1-4H3. The lowest BCUT2D eigenvalue weighted by Crippen LogP contribution is -2.18. The van der Waals surface area contributed by atoms with E-state index in [1.807, 2.05) is 0 Å². The van der Waals surface area contributed by atoms with Gasteiger partial charge in [0.1, 0.15) is 0 Å². The van der Waals surface area contributed by atoms with Gasteiger partial charge in [-0.25, -0.2) is 0 Å². The molecule has 0 aliphatic heterocycles. The molecule has 0 saturated heterocycles. The highest BCUT2D eigenvalue weighted by Gasteiger charge is 2.14. The molecule has 2 heteroatoms. The summed E-state index contributed by atoms with van der Waals surface area (Å²) in [5.74, 6) is 0. The van der Waals surface area contributed by atoms with Crippen LogP contribution in [-0.4, -0.2) is 23.9 Å². The molecule has 6 aromatic carbocycles. The first-order valence-corrected chi connectivity index (χ1v) is 17.4. The van der Waals surface area contributed by atoms with Crippen molar-refractivity contribution < 1.29 is 0 Å². The van der Waals surface area contributed by atoms with Crippen molar-refractivity contribution in [3.63, 3.8) is 0 Å². The third kappa shape index (κ3) is 9.43. The molecule has 0 heterocycles. The fourth-order valence-electron chi connectivity index (χ4n) is 6.40. The third-order valence-corrected chi connectivity index (χ3v) is 9.19. The van der Waals surface area contributed by atoms with Crippen molar-refractivity contribution in [1.82, 2.24) is 9.80 Å². The van der Waals surface area contributed by atoms with Crippen molar-refractivity contribution in [1.29, 1.82) is 0 Å². The minimum atomic E-state index is 0.216. The molecule has 0 radical (unpaired) electrons. The Kier molecular flexibility index (Phi) is 11.2. The maximum absolute atomic E-state index is 2.38. The Morgan fingerprint density at radius 1 is 0.375 bits per heavy atom. The van der Waals surface area contributed by atoms with Gasteiger partial charge in [-0.1, -0.05) is 175 Å². The molecular formula is C46H54N2. The van der Waals surface area contributed by atoms with Gasteiger partial charge in [0.2, 0.25) is 0 Å². The number of benzene rings is 6. The molecule has 0 amide bonds. The molecule has 0 spiro atoms. The zero-order chi connectivity index (χ0) is 34.3. The predicted molar refractivity (Wildman–Crippen MR) is 209 cm³/mol. The van der Waals surface area contributed by atoms with Gasteiger partial charge in [0.25, 0.3) is 0 Å². The lowest BCUT2D eigenvalue weighted by atomic mass is 9.87. The maximum atomic E-state index is 2.38. The highest BCUT2D eigenvalue weighted by molar-refractivity contribution is 5.86. The van der Waals surface area contributed by atoms with Crippen LogP contribution in [0.25, 0.3) is 21.5 Å². The monoisotopic (exact) mass is 634 g/mol. The second-order valence-corrected chi connectivity index (χ2v) is 15.5. The van der Waals surface area contributed by atoms with Crippen LogP contribution in [-0.2, 0) is 37.0 Å². The van der Waals surface area contributed by atoms with Gasteiger partial charge in [-0.05, 0) is 79.9 Å². The largest absolute Gasteiger partial charge is 0.298 e. The summed E-state index contributed by atoms with van der Waals surface area (Å²) in [4.78, 5) is 4.77. The molecular weight excluding hydrogens is 581 g/mol. The number of fused-ring (bicyclic) bond motifs is 2. The van der Waals surface area contributed by atoms with E-state index in [4.69, 9.17) is 0 Å². The van der Waals surface area contributed by atoms with Crippen molar-refractivity contribution in [3.05, 3.63) is 167 Å². The maximum Gasteiger partial charge on any atom is 0.0240 e. The van der Waals surface area contributed by atoms with Crippen LogP contribution >= 0.6 is 0 Å². The van der Waals surface area contributed by atoms with Gasteiger partial charge >= 0.3 is 0 Å². The molecule has 0 fully saturated rings. The van der Waals surface area contributed by atoms with Crippen LogP contribution in [0, 0.1) is 0 Å². The molecule has 6 aromatic rings. The minimum Gasteiger partial charge on any atom is -0.298 e. The van der Waals surface area contributed by atoms with Gasteiger partial charge in [0.15, 0.2) is 0 Å². The molecule has 0 aliphatic rings. The number of rotatable bonds is 8. The van der Waals surface area contributed by atoms with Crippen molar-refractivity contribution in [2.45, 2.75) is 78.6 Å². The van der Waals surface area contributed by atoms with Gasteiger partial charge in [-0.15, -0.1) is 0 Å². The van der Waals surface area contributed by atoms with E-state index in [-0.39, 0.29) is 10.8 Å². The molecule has 2 nitrogen and oxygen atoms in total. The summed E-state index contributed by atoms with van der Waals surface area (Å²) in [5, 5.41) is 5.35. The van der Waals surface area contributed by atoms with Crippen LogP contribution < -0.4 is 0 Å². The third-order valence-electron chi connectivity index (χ3n) is 9.19. The summed E-state index contributed by atoms with van der Waals surface area (Å²) in [6.07, 6.45) is 0. The fraction of sp³-hybridized carbons (Fsp3) is 0.304. The number of hydrogen-bond acceptors (Lipinski definition) is 2. The summed E-state index contributed by atoms with van der Waals surface area (Å²) in [6, 6.07) is 48.5. The van der Waals surface area contributed by atoms with Crippen molar-refractivity contribution in [2.75, 3.05) is 14.1 Å². The summed E-state index contributed by atoms with van der Waals surface area (Å²) in [6.45, 7) is 17.4. The van der Waals surface area contributed by atoms with Crippen LogP contribution in [0.3, 0.4) is 0 Å². The van der Waals surface area contributed by atoms with E-state index in [1.165, 1.54) is 54.9 Å². The smallest absolute Gasteiger partial charge is 0.0240 e. The van der Waals surface area contributed by atoms with E-state index >= 15 is 0 Å². The van der Waals surface area contributed by atoms with Crippen LogP contribution in [0.1, 0.15) is 74.9 Å². The normalized spacial score (nSPS) is 12.0. The number of hydrogen-bond donors (Lipinski definition) is 0. The second-order valence-electron chi connectivity index (χ2n) is 15.5. The average molecular weight is 635 g/mol. The first-order valence-electron chi connectivity index (χ1n) is 17.4. The van der Waals surface area contributed by atoms with Crippen LogP contribution in [0.15, 0.2) is 133 Å². The highest BCUT2D eigenvalue weighted by atomic mass is 15.1. The first-order chi connectivity index (χ1) is 22.9. The van der Waals surface area contributed by atoms with Gasteiger partial charge < -0.3 is 0 Å². The Morgan fingerprint density at radius 2 is 0.708 bits per heavy atom. The van der Waals surface area contributed by atoms with E-state index in [1.54, 1.807) is 0 Å². The molecule has 0 saturated carbocycles. The molecule has 0 aromatic heterocycles. The lowest BCUT2D eigenvalue weighted by Gasteiger charge is -2.21. The summed E-state index contributed by atoms with van der Waals surface area (Å²) < 4.78 is 0. The predicted octanol–water partition coefficient (Wildman–Crippen LogP) is 11.5. The second kappa shape index (κ2) is 15.3. The lowest BCUT2D eigenvalue weighted by molar-refractivity contribution is 0.320. The van der Waals surface area contributed by atoms with E-state index in [0.29, 0.717) is 0 Å². The van der Waals surface area contributed by atoms with Gasteiger partial charge in [0, 0.05) is 26.2 Å². The zero-order valence-electron chi connectivity index (χ0n) is 30.4. The zero-order valence-corrected chi connectivity index (χ0v) is 30.4. The quantitative estimate of drug-likeness (QED) is 0.164. The fourth-order valence-corrected chi connectivity index (χ4v) is 6.40. The Balaban J connectivity index is 0.000000188. The topological polar surface area (TPSA) is 6.48 Å². The van der Waals surface area contributed by atoms with Crippen LogP contribution in [0.5, 0.6) is 0 Å². The Labute approximate surface area is 290 Å². The Bertz CT molecular complexity index is 1750. The molecule has 0 atom stereocenters. The van der Waals surface area contributed by atoms with E-state index in [2.05, 4.69) is 199 Å². The van der Waals surface area contributed by atoms with Crippen molar-refractivity contribution in [2.24, 2.45) is 0 Å². The van der Waals surface area contributed by atoms with E-state index in [0.717, 1.165) is 26.2 Å². The average Bonchev–Trinajstić information content (AvgIpc) is 3.05. The van der Waals surface area contributed by atoms with Gasteiger partial charge in [-0.2, -0.15) is 0 Å². The van der Waals surface area contributed by atoms with Gasteiger partial charge in [0.05, 0.1) is 0 Å². The van der Waals surface area contributed by atoms with E-state index in [9.17, 15) is 0 Å². The minimum absolute atomic E-state index is 0.216. The van der Waals surface area contributed by atoms with Crippen LogP contribution in [0.4, 0.5) is 0 Å². The first kappa shape index (κ1) is 35.1. The van der Waals surface area contributed by atoms with Crippen LogP contribution in [0.2, 0.25) is 0 Å². The molecule has 6 rings (SSSR count). The van der Waals surface area contributed by atoms with E-state index < -0.39 is 0 Å². The molecule has 0 bridgehead atoms. The molecule has 0 N–H and O–H groups in total. The Hall–Kier alpha value is -4.24. The summed E-state index contributed by atoms with van der Waals surface area (Å²) >= 11 is 0. The highest BCUT2D eigenvalue weighted by Crippen LogP contribution is 2.25. The van der Waals surface area contributed by atoms with Crippen molar-refractivity contribution >= 4 is 21.5 Å². The molecule has 248 valence electrons. The Morgan fingerprint density at radius 3 is 1.06 bits per heavy atom. The summed E-state index contributed by atoms with van der Waals surface area (Å²) in [5.41, 5.74) is 8.73. The summed E-state index contributed by atoms with van der Waals surface area (Å²) in [7, 11) is 4.39. The molecule has 0 unspecified atom stereocenters. The molecule has 0 aliphatic carbocycles. The molecule has 48 heavy (non-hydrogen) atoms. The SMILES string of the molecule is CN(Cc1ccc(C(C)(C)C)cc1)Cc1cccc2ccccc12.CN(Cc1ccc(C(C)(C)C)cc1)Cc1cccc2ccccc12. The number of nitrogens with zero attached hydrogens (tertiary/aromatic N) is 2. The van der Waals surface area contributed by atoms with Gasteiger partial charge in [-0.3, -0.25) is 9.80 Å². The van der Waals surface area contributed by atoms with Crippen molar-refractivity contribution in [3.8, 4) is 0 Å².